The van der Waals surface area contributed by atoms with Crippen LogP contribution in [0.3, 0.4) is 0 Å². The number of allylic oxidation sites excluding steroid dienone is 2. The number of hydrogen-bond acceptors (Lipinski definition) is 3. The number of hydrogen-bond donors (Lipinski definition) is 1. The third kappa shape index (κ3) is 1.68. The van der Waals surface area contributed by atoms with Gasteiger partial charge in [-0.1, -0.05) is 38.1 Å². The van der Waals surface area contributed by atoms with Crippen molar-refractivity contribution in [1.82, 2.24) is 0 Å². The van der Waals surface area contributed by atoms with Crippen molar-refractivity contribution >= 4 is 11.6 Å². The Morgan fingerprint density at radius 2 is 1.65 bits per heavy atom. The first kappa shape index (κ1) is 11.6. The Morgan fingerprint density at radius 1 is 1.12 bits per heavy atom. The zero-order valence-corrected chi connectivity index (χ0v) is 9.99. The Kier molecular flexibility index (Phi) is 2.84. The maximum Gasteiger partial charge on any atom is 0.209 e. The molecule has 1 aliphatic rings. The number of fused-ring (bicyclic) bond motifs is 1. The van der Waals surface area contributed by atoms with Gasteiger partial charge in [-0.2, -0.15) is 0 Å². The Morgan fingerprint density at radius 3 is 2.18 bits per heavy atom. The summed E-state index contributed by atoms with van der Waals surface area (Å²) >= 11 is 0. The monoisotopic (exact) mass is 229 g/mol. The molecule has 3 heteroatoms. The van der Waals surface area contributed by atoms with Crippen LogP contribution in [0, 0.1) is 5.92 Å². The normalized spacial score (nSPS) is 17.1. The molecule has 0 aliphatic heterocycles. The minimum Gasteiger partial charge on any atom is -0.395 e. The van der Waals surface area contributed by atoms with Crippen LogP contribution in [0.2, 0.25) is 0 Å². The van der Waals surface area contributed by atoms with E-state index in [0.29, 0.717) is 16.7 Å². The smallest absolute Gasteiger partial charge is 0.209 e. The highest BCUT2D eigenvalue weighted by Crippen LogP contribution is 2.29. The molecule has 0 saturated carbocycles. The molecule has 0 heterocycles. The van der Waals surface area contributed by atoms with E-state index in [1.54, 1.807) is 24.3 Å². The molecule has 0 radical (unpaired) electrons. The van der Waals surface area contributed by atoms with Gasteiger partial charge < -0.3 is 5.73 Å². The van der Waals surface area contributed by atoms with Crippen LogP contribution in [0.1, 0.15) is 41.0 Å². The Bertz CT molecular complexity index is 529. The van der Waals surface area contributed by atoms with Crippen molar-refractivity contribution in [2.24, 2.45) is 11.7 Å². The number of carbonyl (C=O) groups excluding carboxylic acids is 2. The van der Waals surface area contributed by atoms with Crippen molar-refractivity contribution in [3.63, 3.8) is 0 Å². The number of rotatable bonds is 2. The fourth-order valence-electron chi connectivity index (χ4n) is 2.11. The van der Waals surface area contributed by atoms with Gasteiger partial charge in [0.25, 0.3) is 0 Å². The van der Waals surface area contributed by atoms with E-state index in [1.807, 2.05) is 13.8 Å². The maximum absolute atomic E-state index is 12.3. The quantitative estimate of drug-likeness (QED) is 0.846. The van der Waals surface area contributed by atoms with Crippen LogP contribution in [0.4, 0.5) is 0 Å². The Labute approximate surface area is 100 Å². The van der Waals surface area contributed by atoms with Crippen molar-refractivity contribution in [3.05, 3.63) is 46.7 Å². The van der Waals surface area contributed by atoms with Crippen LogP contribution in [0.15, 0.2) is 35.5 Å². The first-order valence-electron chi connectivity index (χ1n) is 5.76. The predicted molar refractivity (Wildman–Crippen MR) is 65.8 cm³/mol. The van der Waals surface area contributed by atoms with E-state index in [4.69, 9.17) is 5.73 Å². The Hall–Kier alpha value is -1.90. The second-order valence-electron chi connectivity index (χ2n) is 4.34. The van der Waals surface area contributed by atoms with Gasteiger partial charge in [0.1, 0.15) is 0 Å². The van der Waals surface area contributed by atoms with E-state index in [9.17, 15) is 9.59 Å². The van der Waals surface area contributed by atoms with Crippen LogP contribution in [0.5, 0.6) is 0 Å². The lowest BCUT2D eigenvalue weighted by Gasteiger charge is -2.22. The summed E-state index contributed by atoms with van der Waals surface area (Å²) < 4.78 is 0. The van der Waals surface area contributed by atoms with Crippen LogP contribution >= 0.6 is 0 Å². The van der Waals surface area contributed by atoms with Crippen LogP contribution < -0.4 is 5.73 Å². The highest BCUT2D eigenvalue weighted by molar-refractivity contribution is 6.26. The lowest BCUT2D eigenvalue weighted by atomic mass is 9.81. The molecular weight excluding hydrogens is 214 g/mol. The van der Waals surface area contributed by atoms with E-state index in [1.165, 1.54) is 0 Å². The van der Waals surface area contributed by atoms with E-state index in [0.717, 1.165) is 6.42 Å². The molecule has 1 unspecified atom stereocenters. The van der Waals surface area contributed by atoms with Gasteiger partial charge in [-0.3, -0.25) is 9.59 Å². The molecular formula is C14H15NO2. The largest absolute Gasteiger partial charge is 0.395 e. The molecule has 1 aromatic carbocycles. The van der Waals surface area contributed by atoms with E-state index in [-0.39, 0.29) is 23.2 Å². The minimum atomic E-state index is -0.226. The number of benzene rings is 1. The van der Waals surface area contributed by atoms with Crippen LogP contribution in [0.25, 0.3) is 0 Å². The molecule has 1 aromatic rings. The summed E-state index contributed by atoms with van der Waals surface area (Å²) in [6.07, 6.45) is 0.789. The molecule has 1 atom stereocenters. The highest BCUT2D eigenvalue weighted by atomic mass is 16.1. The average molecular weight is 229 g/mol. The van der Waals surface area contributed by atoms with Crippen molar-refractivity contribution in [2.75, 3.05) is 0 Å². The molecule has 1 aliphatic carbocycles. The summed E-state index contributed by atoms with van der Waals surface area (Å²) in [6, 6.07) is 6.84. The summed E-state index contributed by atoms with van der Waals surface area (Å²) in [4.78, 5) is 24.3. The van der Waals surface area contributed by atoms with E-state index in [2.05, 4.69) is 0 Å². The summed E-state index contributed by atoms with van der Waals surface area (Å²) in [7, 11) is 0. The first-order chi connectivity index (χ1) is 8.07. The summed E-state index contributed by atoms with van der Waals surface area (Å²) in [5, 5.41) is 0. The third-order valence-corrected chi connectivity index (χ3v) is 3.30. The van der Waals surface area contributed by atoms with Crippen molar-refractivity contribution < 1.29 is 9.59 Å². The standard InChI is InChI=1S/C14H15NO2/c1-3-8(2)11-12(15)14(17)10-7-5-4-6-9(10)13(11)16/h4-8H,3,15H2,1-2H3. The highest BCUT2D eigenvalue weighted by Gasteiger charge is 2.32. The zero-order valence-electron chi connectivity index (χ0n) is 9.99. The zero-order chi connectivity index (χ0) is 12.6. The lowest BCUT2D eigenvalue weighted by molar-refractivity contribution is 0.0964. The number of carbonyl (C=O) groups is 2. The Balaban J connectivity index is 2.62. The van der Waals surface area contributed by atoms with Crippen molar-refractivity contribution in [2.45, 2.75) is 20.3 Å². The fourth-order valence-corrected chi connectivity index (χ4v) is 2.11. The minimum absolute atomic E-state index is 0.0137. The molecule has 0 amide bonds. The molecule has 17 heavy (non-hydrogen) atoms. The second kappa shape index (κ2) is 4.17. The molecule has 0 aromatic heterocycles. The molecule has 0 spiro atoms. The molecule has 3 nitrogen and oxygen atoms in total. The number of Topliss-reactive ketones (excluding diaryl/α,β-unsaturated/α-hetero) is 2. The van der Waals surface area contributed by atoms with Gasteiger partial charge in [0.2, 0.25) is 5.78 Å². The summed E-state index contributed by atoms with van der Waals surface area (Å²) in [5.41, 5.74) is 7.29. The lowest BCUT2D eigenvalue weighted by Crippen LogP contribution is -2.29. The second-order valence-corrected chi connectivity index (χ2v) is 4.34. The van der Waals surface area contributed by atoms with Crippen molar-refractivity contribution in [3.8, 4) is 0 Å². The number of nitrogens with two attached hydrogens (primary N) is 1. The first-order valence-corrected chi connectivity index (χ1v) is 5.76. The maximum atomic E-state index is 12.3. The topological polar surface area (TPSA) is 60.2 Å². The summed E-state index contributed by atoms with van der Waals surface area (Å²) in [6.45, 7) is 3.89. The fraction of sp³-hybridized carbons (Fsp3) is 0.286. The van der Waals surface area contributed by atoms with Gasteiger partial charge in [0.15, 0.2) is 5.78 Å². The molecule has 2 rings (SSSR count). The molecule has 2 N–H and O–H groups in total. The van der Waals surface area contributed by atoms with Crippen LogP contribution in [-0.2, 0) is 0 Å². The molecule has 0 fully saturated rings. The van der Waals surface area contributed by atoms with Crippen LogP contribution in [-0.4, -0.2) is 11.6 Å². The predicted octanol–water partition coefficient (Wildman–Crippen LogP) is 2.32. The molecule has 0 saturated heterocycles. The number of ketones is 2. The summed E-state index contributed by atoms with van der Waals surface area (Å²) in [5.74, 6) is -0.317. The SMILES string of the molecule is CCC(C)C1=C(N)C(=O)c2ccccc2C1=O. The van der Waals surface area contributed by atoms with Gasteiger partial charge in [-0.25, -0.2) is 0 Å². The van der Waals surface area contributed by atoms with Gasteiger partial charge in [-0.05, 0) is 12.3 Å². The van der Waals surface area contributed by atoms with E-state index < -0.39 is 0 Å². The van der Waals surface area contributed by atoms with Gasteiger partial charge in [0, 0.05) is 16.7 Å². The third-order valence-electron chi connectivity index (χ3n) is 3.30. The molecule has 0 bridgehead atoms. The van der Waals surface area contributed by atoms with E-state index >= 15 is 0 Å². The van der Waals surface area contributed by atoms with Crippen molar-refractivity contribution in [1.29, 1.82) is 0 Å². The van der Waals surface area contributed by atoms with Gasteiger partial charge in [0.05, 0.1) is 5.70 Å². The molecule has 88 valence electrons. The van der Waals surface area contributed by atoms with Gasteiger partial charge in [-0.15, -0.1) is 0 Å². The average Bonchev–Trinajstić information content (AvgIpc) is 2.36. The van der Waals surface area contributed by atoms with Gasteiger partial charge >= 0.3 is 0 Å².